The van der Waals surface area contributed by atoms with Gasteiger partial charge >= 0.3 is 0 Å². The number of unbranched alkanes of at least 4 members (excludes halogenated alkanes) is 1. The van der Waals surface area contributed by atoms with Crippen LogP contribution in [-0.2, 0) is 4.74 Å². The summed E-state index contributed by atoms with van der Waals surface area (Å²) in [5, 5.41) is 21.6. The van der Waals surface area contributed by atoms with E-state index in [1.165, 1.54) is 0 Å². The number of rotatable bonds is 9. The van der Waals surface area contributed by atoms with Crippen molar-refractivity contribution in [1.82, 2.24) is 5.32 Å². The topological polar surface area (TPSA) is 61.7 Å². The lowest BCUT2D eigenvalue weighted by Crippen LogP contribution is -2.46. The van der Waals surface area contributed by atoms with Crippen LogP contribution in [-0.4, -0.2) is 48.2 Å². The fourth-order valence-corrected chi connectivity index (χ4v) is 0.975. The van der Waals surface area contributed by atoms with E-state index in [1.807, 2.05) is 13.8 Å². The molecule has 0 aliphatic carbocycles. The first-order chi connectivity index (χ1) is 7.02. The third-order valence-corrected chi connectivity index (χ3v) is 2.16. The molecule has 0 amide bonds. The van der Waals surface area contributed by atoms with Crippen LogP contribution in [0.3, 0.4) is 0 Å². The summed E-state index contributed by atoms with van der Waals surface area (Å²) < 4.78 is 5.28. The number of hydrogen-bond acceptors (Lipinski definition) is 4. The number of aliphatic hydroxyl groups excluding tert-OH is 2. The standard InChI is InChI=1S/C11H25NO3/c1-4-5-6-15-8-10(14)7-12-11(2,3)9-13/h10,12-14H,4-9H2,1-3H3. The van der Waals surface area contributed by atoms with Crippen molar-refractivity contribution in [3.05, 3.63) is 0 Å². The lowest BCUT2D eigenvalue weighted by atomic mass is 10.1. The van der Waals surface area contributed by atoms with Gasteiger partial charge in [-0.05, 0) is 20.3 Å². The van der Waals surface area contributed by atoms with Crippen LogP contribution in [0.25, 0.3) is 0 Å². The molecule has 1 unspecified atom stereocenters. The van der Waals surface area contributed by atoms with Gasteiger partial charge in [-0.25, -0.2) is 0 Å². The predicted octanol–water partition coefficient (Wildman–Crippen LogP) is 0.524. The molecule has 0 fully saturated rings. The Labute approximate surface area is 92.6 Å². The average Bonchev–Trinajstić information content (AvgIpc) is 2.22. The highest BCUT2D eigenvalue weighted by molar-refractivity contribution is 4.77. The lowest BCUT2D eigenvalue weighted by Gasteiger charge is -2.25. The second kappa shape index (κ2) is 8.05. The van der Waals surface area contributed by atoms with Crippen LogP contribution in [0.4, 0.5) is 0 Å². The van der Waals surface area contributed by atoms with Crippen LogP contribution in [0.1, 0.15) is 33.6 Å². The minimum atomic E-state index is -0.507. The summed E-state index contributed by atoms with van der Waals surface area (Å²) in [6.07, 6.45) is 1.63. The SMILES string of the molecule is CCCCOCC(O)CNC(C)(C)CO. The van der Waals surface area contributed by atoms with E-state index < -0.39 is 6.10 Å². The van der Waals surface area contributed by atoms with Gasteiger partial charge in [-0.15, -0.1) is 0 Å². The predicted molar refractivity (Wildman–Crippen MR) is 60.9 cm³/mol. The van der Waals surface area contributed by atoms with Crippen LogP contribution in [0.2, 0.25) is 0 Å². The Morgan fingerprint density at radius 2 is 2.07 bits per heavy atom. The molecule has 92 valence electrons. The van der Waals surface area contributed by atoms with Gasteiger partial charge in [0.1, 0.15) is 0 Å². The van der Waals surface area contributed by atoms with Gasteiger partial charge in [0.2, 0.25) is 0 Å². The zero-order valence-electron chi connectivity index (χ0n) is 10.1. The highest BCUT2D eigenvalue weighted by Crippen LogP contribution is 1.99. The van der Waals surface area contributed by atoms with E-state index in [0.717, 1.165) is 12.8 Å². The summed E-state index contributed by atoms with van der Waals surface area (Å²) >= 11 is 0. The molecule has 4 nitrogen and oxygen atoms in total. The molecule has 4 heteroatoms. The molecule has 0 aromatic rings. The van der Waals surface area contributed by atoms with Crippen molar-refractivity contribution in [2.24, 2.45) is 0 Å². The minimum absolute atomic E-state index is 0.0520. The van der Waals surface area contributed by atoms with E-state index in [9.17, 15) is 5.11 Å². The monoisotopic (exact) mass is 219 g/mol. The highest BCUT2D eigenvalue weighted by atomic mass is 16.5. The third-order valence-electron chi connectivity index (χ3n) is 2.16. The first kappa shape index (κ1) is 14.8. The molecule has 3 N–H and O–H groups in total. The normalized spacial score (nSPS) is 14.2. The molecule has 0 saturated carbocycles. The van der Waals surface area contributed by atoms with Gasteiger partial charge in [0.25, 0.3) is 0 Å². The Hall–Kier alpha value is -0.160. The molecule has 0 spiro atoms. The van der Waals surface area contributed by atoms with Gasteiger partial charge < -0.3 is 20.3 Å². The van der Waals surface area contributed by atoms with Gasteiger partial charge in [0.05, 0.1) is 19.3 Å². The maximum atomic E-state index is 9.54. The summed E-state index contributed by atoms with van der Waals surface area (Å²) in [5.41, 5.74) is -0.343. The molecular weight excluding hydrogens is 194 g/mol. The van der Waals surface area contributed by atoms with Gasteiger partial charge in [-0.1, -0.05) is 13.3 Å². The number of β-amino-alcohol motifs (C(OH)–C–C–N with tert-alkyl or cyclic N) is 1. The van der Waals surface area contributed by atoms with E-state index in [2.05, 4.69) is 12.2 Å². The summed E-state index contributed by atoms with van der Waals surface area (Å²) in [5.74, 6) is 0. The van der Waals surface area contributed by atoms with Gasteiger partial charge in [-0.2, -0.15) is 0 Å². The largest absolute Gasteiger partial charge is 0.394 e. The Kier molecular flexibility index (Phi) is 7.96. The fraction of sp³-hybridized carbons (Fsp3) is 1.00. The Morgan fingerprint density at radius 3 is 2.60 bits per heavy atom. The molecule has 0 bridgehead atoms. The lowest BCUT2D eigenvalue weighted by molar-refractivity contribution is 0.0302. The molecule has 15 heavy (non-hydrogen) atoms. The van der Waals surface area contributed by atoms with Gasteiger partial charge in [0, 0.05) is 18.7 Å². The van der Waals surface area contributed by atoms with Crippen molar-refractivity contribution in [2.75, 3.05) is 26.4 Å². The van der Waals surface area contributed by atoms with Crippen LogP contribution in [0.5, 0.6) is 0 Å². The van der Waals surface area contributed by atoms with Crippen molar-refractivity contribution in [3.63, 3.8) is 0 Å². The molecule has 0 aromatic heterocycles. The number of nitrogens with one attached hydrogen (secondary N) is 1. The number of hydrogen-bond donors (Lipinski definition) is 3. The van der Waals surface area contributed by atoms with Crippen molar-refractivity contribution < 1.29 is 14.9 Å². The van der Waals surface area contributed by atoms with Gasteiger partial charge in [0.15, 0.2) is 0 Å². The number of ether oxygens (including phenoxy) is 1. The van der Waals surface area contributed by atoms with E-state index in [4.69, 9.17) is 9.84 Å². The van der Waals surface area contributed by atoms with Crippen molar-refractivity contribution in [2.45, 2.75) is 45.3 Å². The second-order valence-electron chi connectivity index (χ2n) is 4.51. The Morgan fingerprint density at radius 1 is 1.40 bits per heavy atom. The molecule has 0 aliphatic rings. The quantitative estimate of drug-likeness (QED) is 0.495. The van der Waals surface area contributed by atoms with Crippen molar-refractivity contribution in [3.8, 4) is 0 Å². The molecule has 0 rings (SSSR count). The van der Waals surface area contributed by atoms with E-state index in [-0.39, 0.29) is 12.1 Å². The summed E-state index contributed by atoms with van der Waals surface area (Å²) in [4.78, 5) is 0. The fourth-order valence-electron chi connectivity index (χ4n) is 0.975. The average molecular weight is 219 g/mol. The van der Waals surface area contributed by atoms with E-state index >= 15 is 0 Å². The zero-order valence-corrected chi connectivity index (χ0v) is 10.1. The minimum Gasteiger partial charge on any atom is -0.394 e. The summed E-state index contributed by atoms with van der Waals surface area (Å²) in [6.45, 7) is 7.43. The van der Waals surface area contributed by atoms with E-state index in [1.54, 1.807) is 0 Å². The van der Waals surface area contributed by atoms with Crippen molar-refractivity contribution in [1.29, 1.82) is 0 Å². The smallest absolute Gasteiger partial charge is 0.0897 e. The first-order valence-electron chi connectivity index (χ1n) is 5.63. The molecule has 0 saturated heterocycles. The first-order valence-corrected chi connectivity index (χ1v) is 5.63. The molecule has 0 radical (unpaired) electrons. The van der Waals surface area contributed by atoms with Crippen LogP contribution in [0, 0.1) is 0 Å². The summed E-state index contributed by atoms with van der Waals surface area (Å²) in [6, 6.07) is 0. The summed E-state index contributed by atoms with van der Waals surface area (Å²) in [7, 11) is 0. The van der Waals surface area contributed by atoms with Crippen molar-refractivity contribution >= 4 is 0 Å². The Balaban J connectivity index is 3.44. The maximum absolute atomic E-state index is 9.54. The molecule has 0 heterocycles. The zero-order chi connectivity index (χ0) is 11.7. The molecule has 0 aliphatic heterocycles. The highest BCUT2D eigenvalue weighted by Gasteiger charge is 2.16. The number of aliphatic hydroxyl groups is 2. The maximum Gasteiger partial charge on any atom is 0.0897 e. The Bertz CT molecular complexity index is 151. The van der Waals surface area contributed by atoms with Crippen LogP contribution in [0.15, 0.2) is 0 Å². The third kappa shape index (κ3) is 8.81. The van der Waals surface area contributed by atoms with Crippen LogP contribution < -0.4 is 5.32 Å². The molecule has 0 aromatic carbocycles. The van der Waals surface area contributed by atoms with Crippen LogP contribution >= 0.6 is 0 Å². The molecular formula is C11H25NO3. The van der Waals surface area contributed by atoms with E-state index in [0.29, 0.717) is 19.8 Å². The second-order valence-corrected chi connectivity index (χ2v) is 4.51. The molecule has 1 atom stereocenters. The van der Waals surface area contributed by atoms with Gasteiger partial charge in [-0.3, -0.25) is 0 Å².